The number of hydrogen-bond acceptors (Lipinski definition) is 6. The van der Waals surface area contributed by atoms with Crippen molar-refractivity contribution in [1.29, 1.82) is 0 Å². The largest absolute Gasteiger partial charge is 0.494 e. The van der Waals surface area contributed by atoms with Crippen LogP contribution in [0, 0.1) is 0 Å². The number of esters is 1. The molecule has 134 valence electrons. The highest BCUT2D eigenvalue weighted by atomic mass is 16.5. The molecule has 1 fully saturated rings. The van der Waals surface area contributed by atoms with Crippen LogP contribution in [0.1, 0.15) is 24.2 Å². The van der Waals surface area contributed by atoms with Gasteiger partial charge in [0.05, 0.1) is 19.4 Å². The molecule has 6 nitrogen and oxygen atoms in total. The van der Waals surface area contributed by atoms with Gasteiger partial charge >= 0.3 is 5.97 Å². The first-order chi connectivity index (χ1) is 12.2. The first kappa shape index (κ1) is 17.5. The molecule has 2 heterocycles. The molecule has 1 aliphatic rings. The SMILES string of the molecule is CCOC(=O)c1cnc2c(OC)cccc2c1N1CCN(CC)CC1. The minimum absolute atomic E-state index is 0.326. The van der Waals surface area contributed by atoms with Crippen LogP contribution in [0.15, 0.2) is 24.4 Å². The molecule has 0 saturated carbocycles. The van der Waals surface area contributed by atoms with E-state index >= 15 is 0 Å². The van der Waals surface area contributed by atoms with E-state index in [2.05, 4.69) is 21.7 Å². The van der Waals surface area contributed by atoms with Gasteiger partial charge in [-0.25, -0.2) is 4.79 Å². The van der Waals surface area contributed by atoms with Crippen molar-refractivity contribution in [2.24, 2.45) is 0 Å². The molecule has 1 aliphatic heterocycles. The standard InChI is InChI=1S/C19H25N3O3/c1-4-21-9-11-22(12-10-21)18-14-7-6-8-16(24-3)17(14)20-13-15(18)19(23)25-5-2/h6-8,13H,4-5,9-12H2,1-3H3. The van der Waals surface area contributed by atoms with E-state index in [-0.39, 0.29) is 5.97 Å². The van der Waals surface area contributed by atoms with Crippen molar-refractivity contribution >= 4 is 22.6 Å². The Hall–Kier alpha value is -2.34. The van der Waals surface area contributed by atoms with Gasteiger partial charge in [0.15, 0.2) is 0 Å². The third-order valence-corrected chi connectivity index (χ3v) is 4.68. The molecule has 0 amide bonds. The van der Waals surface area contributed by atoms with Crippen molar-refractivity contribution in [3.8, 4) is 5.75 Å². The summed E-state index contributed by atoms with van der Waals surface area (Å²) < 4.78 is 10.7. The van der Waals surface area contributed by atoms with Crippen molar-refractivity contribution in [1.82, 2.24) is 9.88 Å². The van der Waals surface area contributed by atoms with Gasteiger partial charge in [0.2, 0.25) is 0 Å². The molecule has 0 radical (unpaired) electrons. The highest BCUT2D eigenvalue weighted by Crippen LogP contribution is 2.34. The Balaban J connectivity index is 2.11. The Kier molecular flexibility index (Phi) is 5.38. The fraction of sp³-hybridized carbons (Fsp3) is 0.474. The van der Waals surface area contributed by atoms with E-state index in [1.807, 2.05) is 25.1 Å². The van der Waals surface area contributed by atoms with E-state index in [4.69, 9.17) is 9.47 Å². The Morgan fingerprint density at radius 1 is 1.20 bits per heavy atom. The molecule has 1 aromatic carbocycles. The van der Waals surface area contributed by atoms with Gasteiger partial charge in [0.1, 0.15) is 16.8 Å². The maximum Gasteiger partial charge on any atom is 0.341 e. The van der Waals surface area contributed by atoms with Gasteiger partial charge in [-0.2, -0.15) is 0 Å². The number of benzene rings is 1. The normalized spacial score (nSPS) is 15.4. The first-order valence-corrected chi connectivity index (χ1v) is 8.79. The Morgan fingerprint density at radius 2 is 1.96 bits per heavy atom. The lowest BCUT2D eigenvalue weighted by Crippen LogP contribution is -2.46. The lowest BCUT2D eigenvalue weighted by Gasteiger charge is -2.36. The Labute approximate surface area is 148 Å². The number of carbonyl (C=O) groups excluding carboxylic acids is 1. The fourth-order valence-corrected chi connectivity index (χ4v) is 3.33. The topological polar surface area (TPSA) is 54.9 Å². The summed E-state index contributed by atoms with van der Waals surface area (Å²) in [5, 5.41) is 0.926. The number of likely N-dealkylation sites (N-methyl/N-ethyl adjacent to an activating group) is 1. The van der Waals surface area contributed by atoms with E-state index in [0.717, 1.165) is 49.3 Å². The van der Waals surface area contributed by atoms with Crippen LogP contribution < -0.4 is 9.64 Å². The zero-order valence-electron chi connectivity index (χ0n) is 15.1. The number of methoxy groups -OCH3 is 1. The Morgan fingerprint density at radius 3 is 2.60 bits per heavy atom. The van der Waals surface area contributed by atoms with Crippen LogP contribution in [-0.2, 0) is 4.74 Å². The second-order valence-corrected chi connectivity index (χ2v) is 6.02. The molecule has 1 aromatic heterocycles. The summed E-state index contributed by atoms with van der Waals surface area (Å²) in [6.45, 7) is 9.08. The van der Waals surface area contributed by atoms with Crippen molar-refractivity contribution in [3.05, 3.63) is 30.0 Å². The average Bonchev–Trinajstić information content (AvgIpc) is 2.66. The van der Waals surface area contributed by atoms with Crippen LogP contribution in [0.2, 0.25) is 0 Å². The van der Waals surface area contributed by atoms with Crippen LogP contribution >= 0.6 is 0 Å². The molecule has 0 bridgehead atoms. The maximum atomic E-state index is 12.5. The molecule has 25 heavy (non-hydrogen) atoms. The first-order valence-electron chi connectivity index (χ1n) is 8.79. The summed E-state index contributed by atoms with van der Waals surface area (Å²) in [6, 6.07) is 5.82. The number of anilines is 1. The van der Waals surface area contributed by atoms with Crippen LogP contribution in [-0.4, -0.2) is 62.3 Å². The van der Waals surface area contributed by atoms with Crippen molar-refractivity contribution in [2.75, 3.05) is 51.3 Å². The van der Waals surface area contributed by atoms with Crippen LogP contribution in [0.5, 0.6) is 5.75 Å². The van der Waals surface area contributed by atoms with Crippen molar-refractivity contribution in [3.63, 3.8) is 0 Å². The van der Waals surface area contributed by atoms with Crippen LogP contribution in [0.4, 0.5) is 5.69 Å². The second kappa shape index (κ2) is 7.70. The van der Waals surface area contributed by atoms with E-state index < -0.39 is 0 Å². The number of para-hydroxylation sites is 1. The van der Waals surface area contributed by atoms with Gasteiger partial charge in [0.25, 0.3) is 0 Å². The molecule has 0 unspecified atom stereocenters. The second-order valence-electron chi connectivity index (χ2n) is 6.02. The van der Waals surface area contributed by atoms with Crippen LogP contribution in [0.25, 0.3) is 10.9 Å². The predicted molar refractivity (Wildman–Crippen MR) is 98.6 cm³/mol. The number of fused-ring (bicyclic) bond motifs is 1. The lowest BCUT2D eigenvalue weighted by atomic mass is 10.1. The van der Waals surface area contributed by atoms with E-state index in [9.17, 15) is 4.79 Å². The number of aromatic nitrogens is 1. The van der Waals surface area contributed by atoms with Gasteiger partial charge < -0.3 is 19.3 Å². The van der Waals surface area contributed by atoms with Gasteiger partial charge in [-0.1, -0.05) is 19.1 Å². The summed E-state index contributed by atoms with van der Waals surface area (Å²) in [6.07, 6.45) is 1.62. The molecule has 0 spiro atoms. The molecule has 2 aromatic rings. The average molecular weight is 343 g/mol. The number of ether oxygens (including phenoxy) is 2. The summed E-state index contributed by atoms with van der Waals surface area (Å²) >= 11 is 0. The zero-order valence-corrected chi connectivity index (χ0v) is 15.1. The molecular weight excluding hydrogens is 318 g/mol. The molecule has 0 aliphatic carbocycles. The number of nitrogens with zero attached hydrogens (tertiary/aromatic N) is 3. The fourth-order valence-electron chi connectivity index (χ4n) is 3.33. The molecule has 0 N–H and O–H groups in total. The zero-order chi connectivity index (χ0) is 17.8. The molecule has 0 atom stereocenters. The highest BCUT2D eigenvalue weighted by molar-refractivity contribution is 6.06. The molecular formula is C19H25N3O3. The summed E-state index contributed by atoms with van der Waals surface area (Å²) in [4.78, 5) is 21.6. The number of hydrogen-bond donors (Lipinski definition) is 0. The van der Waals surface area contributed by atoms with Gasteiger partial charge in [-0.3, -0.25) is 4.98 Å². The smallest absolute Gasteiger partial charge is 0.341 e. The lowest BCUT2D eigenvalue weighted by molar-refractivity contribution is 0.0526. The highest BCUT2D eigenvalue weighted by Gasteiger charge is 2.25. The summed E-state index contributed by atoms with van der Waals surface area (Å²) in [5.41, 5.74) is 2.19. The van der Waals surface area contributed by atoms with E-state index in [1.54, 1.807) is 13.3 Å². The van der Waals surface area contributed by atoms with E-state index in [0.29, 0.717) is 17.9 Å². The number of rotatable bonds is 5. The number of pyridine rings is 1. The molecule has 3 rings (SSSR count). The van der Waals surface area contributed by atoms with Crippen molar-refractivity contribution < 1.29 is 14.3 Å². The predicted octanol–water partition coefficient (Wildman–Crippen LogP) is 2.56. The maximum absolute atomic E-state index is 12.5. The van der Waals surface area contributed by atoms with Crippen LogP contribution in [0.3, 0.4) is 0 Å². The van der Waals surface area contributed by atoms with Gasteiger partial charge in [-0.05, 0) is 19.5 Å². The molecule has 1 saturated heterocycles. The minimum atomic E-state index is -0.326. The number of piperazine rings is 1. The van der Waals surface area contributed by atoms with Gasteiger partial charge in [-0.15, -0.1) is 0 Å². The molecule has 6 heteroatoms. The third-order valence-electron chi connectivity index (χ3n) is 4.68. The van der Waals surface area contributed by atoms with E-state index in [1.165, 1.54) is 0 Å². The van der Waals surface area contributed by atoms with Gasteiger partial charge in [0, 0.05) is 37.8 Å². The number of carbonyl (C=O) groups is 1. The van der Waals surface area contributed by atoms with Crippen molar-refractivity contribution in [2.45, 2.75) is 13.8 Å². The summed E-state index contributed by atoms with van der Waals surface area (Å²) in [5.74, 6) is 0.383. The summed E-state index contributed by atoms with van der Waals surface area (Å²) in [7, 11) is 1.63. The quantitative estimate of drug-likeness (QED) is 0.778. The minimum Gasteiger partial charge on any atom is -0.494 e. The monoisotopic (exact) mass is 343 g/mol. The Bertz CT molecular complexity index is 755. The third kappa shape index (κ3) is 3.39.